The number of hydrogen-bond donors (Lipinski definition) is 2. The topological polar surface area (TPSA) is 53.9 Å². The van der Waals surface area contributed by atoms with Crippen LogP contribution in [-0.4, -0.2) is 46.7 Å². The van der Waals surface area contributed by atoms with Crippen molar-refractivity contribution in [2.75, 3.05) is 33.2 Å². The number of hydrogen-bond acceptors (Lipinski definition) is 3. The Bertz CT molecular complexity index is 737. The summed E-state index contributed by atoms with van der Waals surface area (Å²) in [6, 6.07) is 13.0. The molecule has 0 unspecified atom stereocenters. The second-order valence-corrected chi connectivity index (χ2v) is 7.21. The molecule has 1 heterocycles. The van der Waals surface area contributed by atoms with Gasteiger partial charge in [-0.05, 0) is 22.9 Å². The van der Waals surface area contributed by atoms with Gasteiger partial charge in [-0.15, -0.1) is 4.83 Å². The number of rotatable bonds is 3. The lowest BCUT2D eigenvalue weighted by Crippen LogP contribution is -3.12. The van der Waals surface area contributed by atoms with E-state index in [1.165, 1.54) is 4.90 Å². The zero-order valence-corrected chi connectivity index (χ0v) is 12.9. The molecule has 0 aromatic heterocycles. The van der Waals surface area contributed by atoms with Gasteiger partial charge in [0.15, 0.2) is 0 Å². The van der Waals surface area contributed by atoms with Gasteiger partial charge in [0, 0.05) is 0 Å². The molecule has 0 aliphatic carbocycles. The number of hydrazine groups is 1. The Morgan fingerprint density at radius 1 is 1.05 bits per heavy atom. The van der Waals surface area contributed by atoms with Crippen LogP contribution in [0.2, 0.25) is 0 Å². The van der Waals surface area contributed by atoms with Gasteiger partial charge in [0.25, 0.3) is 10.0 Å². The highest BCUT2D eigenvalue weighted by atomic mass is 32.2. The number of nitrogens with zero attached hydrogens (tertiary/aromatic N) is 1. The van der Waals surface area contributed by atoms with Crippen LogP contribution in [0.15, 0.2) is 47.4 Å². The van der Waals surface area contributed by atoms with Crippen LogP contribution in [0.1, 0.15) is 0 Å². The Hall–Kier alpha value is -1.47. The van der Waals surface area contributed by atoms with Crippen LogP contribution >= 0.6 is 0 Å². The van der Waals surface area contributed by atoms with Crippen molar-refractivity contribution in [1.82, 2.24) is 9.84 Å². The van der Waals surface area contributed by atoms with E-state index < -0.39 is 10.0 Å². The van der Waals surface area contributed by atoms with E-state index >= 15 is 0 Å². The molecule has 21 heavy (non-hydrogen) atoms. The van der Waals surface area contributed by atoms with Crippen LogP contribution in [0.3, 0.4) is 0 Å². The molecule has 0 amide bonds. The standard InChI is InChI=1S/C15H19N3O2S/c1-17-8-10-18(11-9-17)16-21(19,20)15-7-6-13-4-2-3-5-14(13)12-15/h2-7,12,16H,8-11H2,1H3/p+1. The highest BCUT2D eigenvalue weighted by molar-refractivity contribution is 7.89. The van der Waals surface area contributed by atoms with Crippen LogP contribution in [0, 0.1) is 0 Å². The van der Waals surface area contributed by atoms with Crippen molar-refractivity contribution in [3.8, 4) is 0 Å². The maximum absolute atomic E-state index is 12.5. The number of nitrogens with one attached hydrogen (secondary N) is 2. The van der Waals surface area contributed by atoms with Crippen LogP contribution in [-0.2, 0) is 10.0 Å². The third kappa shape index (κ3) is 3.24. The van der Waals surface area contributed by atoms with Crippen LogP contribution in [0.25, 0.3) is 10.8 Å². The molecule has 1 saturated heterocycles. The third-order valence-corrected chi connectivity index (χ3v) is 5.27. The number of sulfonamides is 1. The van der Waals surface area contributed by atoms with Crippen molar-refractivity contribution in [3.05, 3.63) is 42.5 Å². The van der Waals surface area contributed by atoms with Crippen LogP contribution < -0.4 is 9.73 Å². The van der Waals surface area contributed by atoms with Gasteiger partial charge in [0.2, 0.25) is 0 Å². The van der Waals surface area contributed by atoms with Crippen molar-refractivity contribution in [2.24, 2.45) is 0 Å². The second-order valence-electron chi connectivity index (χ2n) is 5.55. The van der Waals surface area contributed by atoms with E-state index in [2.05, 4.69) is 11.9 Å². The molecule has 6 heteroatoms. The minimum absolute atomic E-state index is 0.312. The van der Waals surface area contributed by atoms with Crippen molar-refractivity contribution in [2.45, 2.75) is 4.90 Å². The van der Waals surface area contributed by atoms with Gasteiger partial charge in [-0.1, -0.05) is 30.3 Å². The zero-order valence-electron chi connectivity index (χ0n) is 12.0. The summed E-state index contributed by atoms with van der Waals surface area (Å²) in [5.41, 5.74) is 0. The summed E-state index contributed by atoms with van der Waals surface area (Å²) < 4.78 is 24.9. The first kappa shape index (κ1) is 14.5. The molecule has 3 rings (SSSR count). The first-order valence-corrected chi connectivity index (χ1v) is 8.60. The molecule has 0 radical (unpaired) electrons. The maximum atomic E-state index is 12.5. The number of benzene rings is 2. The fraction of sp³-hybridized carbons (Fsp3) is 0.333. The molecule has 0 bridgehead atoms. The Balaban J connectivity index is 1.82. The SMILES string of the molecule is C[NH+]1CCN(NS(=O)(=O)c2ccc3ccccc3c2)CC1. The monoisotopic (exact) mass is 306 g/mol. The molecular weight excluding hydrogens is 286 g/mol. The van der Waals surface area contributed by atoms with E-state index in [4.69, 9.17) is 0 Å². The van der Waals surface area contributed by atoms with E-state index in [1.54, 1.807) is 17.1 Å². The van der Waals surface area contributed by atoms with Crippen LogP contribution in [0.4, 0.5) is 0 Å². The predicted molar refractivity (Wildman–Crippen MR) is 82.5 cm³/mol. The molecule has 1 fully saturated rings. The highest BCUT2D eigenvalue weighted by Crippen LogP contribution is 2.18. The smallest absolute Gasteiger partial charge is 0.253 e. The number of piperazine rings is 1. The van der Waals surface area contributed by atoms with Crippen molar-refractivity contribution in [1.29, 1.82) is 0 Å². The molecule has 1 aliphatic heterocycles. The molecule has 0 saturated carbocycles. The van der Waals surface area contributed by atoms with E-state index in [0.717, 1.165) is 37.0 Å². The lowest BCUT2D eigenvalue weighted by Gasteiger charge is -2.29. The molecule has 5 nitrogen and oxygen atoms in total. The third-order valence-electron chi connectivity index (χ3n) is 3.90. The average Bonchev–Trinajstić information content (AvgIpc) is 2.49. The number of fused-ring (bicyclic) bond motifs is 1. The molecule has 2 N–H and O–H groups in total. The second kappa shape index (κ2) is 5.73. The first-order chi connectivity index (χ1) is 10.0. The van der Waals surface area contributed by atoms with E-state index in [0.29, 0.717) is 4.90 Å². The zero-order chi connectivity index (χ0) is 14.9. The number of quaternary nitrogens is 1. The summed E-state index contributed by atoms with van der Waals surface area (Å²) in [7, 11) is -1.38. The normalized spacial score (nSPS) is 18.1. The molecule has 0 atom stereocenters. The van der Waals surface area contributed by atoms with Crippen molar-refractivity contribution >= 4 is 20.8 Å². The summed E-state index contributed by atoms with van der Waals surface area (Å²) in [4.78, 5) is 4.43. The summed E-state index contributed by atoms with van der Waals surface area (Å²) in [5, 5.41) is 3.76. The Morgan fingerprint density at radius 3 is 2.43 bits per heavy atom. The molecular formula is C15H20N3O2S+. The summed E-state index contributed by atoms with van der Waals surface area (Å²) in [5.74, 6) is 0. The van der Waals surface area contributed by atoms with Gasteiger partial charge in [-0.2, -0.15) is 0 Å². The summed E-state index contributed by atoms with van der Waals surface area (Å²) in [6.45, 7) is 3.36. The van der Waals surface area contributed by atoms with Crippen molar-refractivity contribution in [3.63, 3.8) is 0 Å². The fourth-order valence-corrected chi connectivity index (χ4v) is 3.69. The Kier molecular flexibility index (Phi) is 3.95. The maximum Gasteiger partial charge on any atom is 0.253 e. The average molecular weight is 306 g/mol. The minimum Gasteiger partial charge on any atom is -0.335 e. The van der Waals surface area contributed by atoms with E-state index in [-0.39, 0.29) is 0 Å². The first-order valence-electron chi connectivity index (χ1n) is 7.12. The van der Waals surface area contributed by atoms with Gasteiger partial charge >= 0.3 is 0 Å². The molecule has 112 valence electrons. The summed E-state index contributed by atoms with van der Waals surface area (Å²) >= 11 is 0. The van der Waals surface area contributed by atoms with Crippen molar-refractivity contribution < 1.29 is 13.3 Å². The lowest BCUT2D eigenvalue weighted by atomic mass is 10.1. The molecule has 2 aromatic rings. The molecule has 2 aromatic carbocycles. The Morgan fingerprint density at radius 2 is 1.71 bits per heavy atom. The molecule has 0 spiro atoms. The summed E-state index contributed by atoms with van der Waals surface area (Å²) in [6.07, 6.45) is 0. The van der Waals surface area contributed by atoms with Gasteiger partial charge in [0.05, 0.1) is 38.1 Å². The van der Waals surface area contributed by atoms with E-state index in [1.807, 2.05) is 30.3 Å². The molecule has 1 aliphatic rings. The Labute approximate surface area is 125 Å². The predicted octanol–water partition coefficient (Wildman–Crippen LogP) is -0.137. The van der Waals surface area contributed by atoms with Gasteiger partial charge < -0.3 is 4.90 Å². The van der Waals surface area contributed by atoms with Gasteiger partial charge in [-0.3, -0.25) is 0 Å². The fourth-order valence-electron chi connectivity index (χ4n) is 2.54. The largest absolute Gasteiger partial charge is 0.335 e. The van der Waals surface area contributed by atoms with Gasteiger partial charge in [-0.25, -0.2) is 13.4 Å². The highest BCUT2D eigenvalue weighted by Gasteiger charge is 2.23. The lowest BCUT2D eigenvalue weighted by molar-refractivity contribution is -0.884. The van der Waals surface area contributed by atoms with E-state index in [9.17, 15) is 8.42 Å². The van der Waals surface area contributed by atoms with Gasteiger partial charge in [0.1, 0.15) is 0 Å². The number of likely N-dealkylation sites (N-methyl/N-ethyl adjacent to an activating group) is 1. The minimum atomic E-state index is -3.50. The van der Waals surface area contributed by atoms with Crippen LogP contribution in [0.5, 0.6) is 0 Å². The quantitative estimate of drug-likeness (QED) is 0.830.